The van der Waals surface area contributed by atoms with Crippen molar-refractivity contribution in [2.75, 3.05) is 38.8 Å². The van der Waals surface area contributed by atoms with Crippen LogP contribution in [0.2, 0.25) is 0 Å². The van der Waals surface area contributed by atoms with Crippen molar-refractivity contribution in [1.82, 2.24) is 4.90 Å². The summed E-state index contributed by atoms with van der Waals surface area (Å²) in [6.45, 7) is 8.96. The van der Waals surface area contributed by atoms with E-state index in [-0.39, 0.29) is 43.8 Å². The number of halogens is 1. The van der Waals surface area contributed by atoms with Gasteiger partial charge in [-0.25, -0.2) is 0 Å². The van der Waals surface area contributed by atoms with E-state index in [0.29, 0.717) is 19.1 Å². The van der Waals surface area contributed by atoms with E-state index in [9.17, 15) is 0 Å². The summed E-state index contributed by atoms with van der Waals surface area (Å²) in [6, 6.07) is 0.125. The Labute approximate surface area is 122 Å². The van der Waals surface area contributed by atoms with E-state index >= 15 is 0 Å². The average molecular weight is 461 g/mol. The first kappa shape index (κ1) is 18.6. The van der Waals surface area contributed by atoms with Crippen molar-refractivity contribution in [3.05, 3.63) is 6.92 Å². The summed E-state index contributed by atoms with van der Waals surface area (Å²) in [7, 11) is 0. The molecular weight excluding hydrogens is 440 g/mol. The fourth-order valence-corrected chi connectivity index (χ4v) is 1.48. The number of aliphatic hydroxyl groups excluding tert-OH is 1. The third kappa shape index (κ3) is 10.1. The minimum Gasteiger partial charge on any atom is -0.394 e. The Hall–Kier alpha value is 1.22. The molecule has 0 rings (SSSR count). The SMILES string of the molecule is [CH2-]C(COCCO)N(CCC)CCCl.[U]. The zero-order valence-corrected chi connectivity index (χ0v) is 14.3. The molecule has 90 valence electrons. The standard InChI is InChI=1S/C10H21ClNO2.U/c1-3-5-12(6-4-11)10(2)9-14-8-7-13;/h10,13H,2-9H2,1H3;/q-1;. The number of hydrogen-bond acceptors (Lipinski definition) is 3. The Morgan fingerprint density at radius 2 is 2.13 bits per heavy atom. The van der Waals surface area contributed by atoms with Crippen LogP contribution in [0.1, 0.15) is 13.3 Å². The average Bonchev–Trinajstić information content (AvgIpc) is 2.18. The molecule has 1 atom stereocenters. The smallest absolute Gasteiger partial charge is 0.0697 e. The maximum atomic E-state index is 8.54. The molecule has 5 heteroatoms. The molecule has 1 unspecified atom stereocenters. The van der Waals surface area contributed by atoms with Gasteiger partial charge in [0.15, 0.2) is 0 Å². The molecule has 0 saturated heterocycles. The molecule has 0 saturated carbocycles. The number of ether oxygens (including phenoxy) is 1. The second-order valence-electron chi connectivity index (χ2n) is 3.18. The molecule has 0 aliphatic rings. The molecule has 0 fully saturated rings. The van der Waals surface area contributed by atoms with Crippen molar-refractivity contribution >= 4 is 11.6 Å². The summed E-state index contributed by atoms with van der Waals surface area (Å²) in [6.07, 6.45) is 1.09. The summed E-state index contributed by atoms with van der Waals surface area (Å²) < 4.78 is 5.22. The molecule has 15 heavy (non-hydrogen) atoms. The summed E-state index contributed by atoms with van der Waals surface area (Å²) >= 11 is 5.69. The number of alkyl halides is 1. The van der Waals surface area contributed by atoms with E-state index in [4.69, 9.17) is 21.4 Å². The van der Waals surface area contributed by atoms with Gasteiger partial charge in [0.2, 0.25) is 0 Å². The van der Waals surface area contributed by atoms with Gasteiger partial charge in [-0.1, -0.05) is 13.0 Å². The van der Waals surface area contributed by atoms with E-state index in [1.807, 2.05) is 0 Å². The topological polar surface area (TPSA) is 32.7 Å². The monoisotopic (exact) mass is 460 g/mol. The third-order valence-corrected chi connectivity index (χ3v) is 2.11. The molecule has 0 bridgehead atoms. The summed E-state index contributed by atoms with van der Waals surface area (Å²) in [4.78, 5) is 2.20. The van der Waals surface area contributed by atoms with Crippen LogP contribution in [0, 0.1) is 38.0 Å². The van der Waals surface area contributed by atoms with Gasteiger partial charge >= 0.3 is 0 Å². The summed E-state index contributed by atoms with van der Waals surface area (Å²) in [5.41, 5.74) is 0. The quantitative estimate of drug-likeness (QED) is 0.318. The molecule has 0 radical (unpaired) electrons. The molecule has 0 heterocycles. The van der Waals surface area contributed by atoms with Crippen LogP contribution in [-0.2, 0) is 4.74 Å². The fourth-order valence-electron chi connectivity index (χ4n) is 1.26. The van der Waals surface area contributed by atoms with Crippen molar-refractivity contribution in [2.24, 2.45) is 0 Å². The second kappa shape index (κ2) is 13.3. The number of hydrogen-bond donors (Lipinski definition) is 1. The van der Waals surface area contributed by atoms with Gasteiger partial charge in [0.05, 0.1) is 13.2 Å². The van der Waals surface area contributed by atoms with Gasteiger partial charge in [-0.2, -0.15) is 0 Å². The van der Waals surface area contributed by atoms with Gasteiger partial charge in [-0.05, 0) is 13.0 Å². The van der Waals surface area contributed by atoms with Crippen LogP contribution in [0.5, 0.6) is 0 Å². The number of rotatable bonds is 9. The van der Waals surface area contributed by atoms with Gasteiger partial charge in [0.1, 0.15) is 0 Å². The van der Waals surface area contributed by atoms with Crippen molar-refractivity contribution in [1.29, 1.82) is 0 Å². The predicted octanol–water partition coefficient (Wildman–Crippen LogP) is 1.15. The first-order chi connectivity index (χ1) is 6.76. The number of nitrogens with zero attached hydrogens (tertiary/aromatic N) is 1. The van der Waals surface area contributed by atoms with Crippen molar-refractivity contribution in [2.45, 2.75) is 19.4 Å². The molecule has 1 N–H and O–H groups in total. The molecule has 0 aromatic carbocycles. The maximum Gasteiger partial charge on any atom is 0.0697 e. The zero-order chi connectivity index (χ0) is 10.8. The van der Waals surface area contributed by atoms with Crippen molar-refractivity contribution in [3.8, 4) is 0 Å². The summed E-state index contributed by atoms with van der Waals surface area (Å²) in [5, 5.41) is 8.54. The minimum atomic E-state index is 0. The first-order valence-corrected chi connectivity index (χ1v) is 5.61. The second-order valence-corrected chi connectivity index (χ2v) is 3.56. The Kier molecular flexibility index (Phi) is 16.5. The van der Waals surface area contributed by atoms with Crippen LogP contribution in [0.15, 0.2) is 0 Å². The van der Waals surface area contributed by atoms with Gasteiger partial charge in [-0.15, -0.1) is 11.6 Å². The van der Waals surface area contributed by atoms with E-state index in [1.165, 1.54) is 0 Å². The predicted molar refractivity (Wildman–Crippen MR) is 59.6 cm³/mol. The summed E-state index contributed by atoms with van der Waals surface area (Å²) in [5.74, 6) is 0.617. The first-order valence-electron chi connectivity index (χ1n) is 5.08. The molecule has 0 aliphatic heterocycles. The fraction of sp³-hybridized carbons (Fsp3) is 0.900. The van der Waals surface area contributed by atoms with Crippen molar-refractivity contribution < 1.29 is 41.0 Å². The molecule has 0 aromatic heterocycles. The van der Waals surface area contributed by atoms with Crippen LogP contribution in [-0.4, -0.2) is 54.8 Å². The largest absolute Gasteiger partial charge is 0.394 e. The molecular formula is C10H21ClNO2U-. The zero-order valence-electron chi connectivity index (χ0n) is 9.41. The van der Waals surface area contributed by atoms with Crippen LogP contribution in [0.3, 0.4) is 0 Å². The molecule has 0 spiro atoms. The Morgan fingerprint density at radius 3 is 2.60 bits per heavy atom. The van der Waals surface area contributed by atoms with E-state index in [1.54, 1.807) is 0 Å². The van der Waals surface area contributed by atoms with Gasteiger partial charge in [-0.3, -0.25) is 0 Å². The van der Waals surface area contributed by atoms with Gasteiger partial charge < -0.3 is 21.7 Å². The van der Waals surface area contributed by atoms with Crippen LogP contribution < -0.4 is 0 Å². The van der Waals surface area contributed by atoms with Crippen LogP contribution in [0.25, 0.3) is 0 Å². The maximum absolute atomic E-state index is 8.54. The Morgan fingerprint density at radius 1 is 1.47 bits per heavy atom. The molecule has 0 aromatic rings. The number of aliphatic hydroxyl groups is 1. The normalized spacial score (nSPS) is 12.6. The van der Waals surface area contributed by atoms with E-state index < -0.39 is 0 Å². The van der Waals surface area contributed by atoms with Gasteiger partial charge in [0, 0.05) is 50.1 Å². The van der Waals surface area contributed by atoms with E-state index in [2.05, 4.69) is 18.7 Å². The Balaban J connectivity index is 0. The molecule has 3 nitrogen and oxygen atoms in total. The molecule has 0 aliphatic carbocycles. The van der Waals surface area contributed by atoms with Crippen molar-refractivity contribution in [3.63, 3.8) is 0 Å². The minimum absolute atomic E-state index is 0. The third-order valence-electron chi connectivity index (χ3n) is 1.94. The Bertz CT molecular complexity index is 124. The molecule has 0 amide bonds. The van der Waals surface area contributed by atoms with Crippen LogP contribution >= 0.6 is 11.6 Å². The van der Waals surface area contributed by atoms with Gasteiger partial charge in [0.25, 0.3) is 0 Å². The van der Waals surface area contributed by atoms with Crippen LogP contribution in [0.4, 0.5) is 0 Å². The van der Waals surface area contributed by atoms with E-state index in [0.717, 1.165) is 19.5 Å².